The second-order valence-corrected chi connectivity index (χ2v) is 6.77. The number of alkyl halides is 1. The SMILES string of the molecule is CC(Br)c1cn(Cc2nc(-c3cccc(Br)c3)no2)nn1. The average molecular weight is 413 g/mol. The van der Waals surface area contributed by atoms with Gasteiger partial charge in [0.1, 0.15) is 6.54 Å². The summed E-state index contributed by atoms with van der Waals surface area (Å²) in [6, 6.07) is 7.74. The van der Waals surface area contributed by atoms with Crippen LogP contribution in [0.5, 0.6) is 0 Å². The lowest BCUT2D eigenvalue weighted by Gasteiger charge is -1.95. The Morgan fingerprint density at radius 3 is 2.95 bits per heavy atom. The molecule has 0 aliphatic heterocycles. The Morgan fingerprint density at radius 1 is 1.38 bits per heavy atom. The van der Waals surface area contributed by atoms with Crippen molar-refractivity contribution in [2.75, 3.05) is 0 Å². The van der Waals surface area contributed by atoms with Crippen LogP contribution in [-0.2, 0) is 6.54 Å². The molecule has 2 aromatic heterocycles. The predicted molar refractivity (Wildman–Crippen MR) is 83.9 cm³/mol. The van der Waals surface area contributed by atoms with Crippen molar-refractivity contribution < 1.29 is 4.52 Å². The normalized spacial score (nSPS) is 12.5. The molecular formula is C13H11Br2N5O. The second-order valence-electron chi connectivity index (χ2n) is 4.48. The molecule has 0 bridgehead atoms. The molecule has 0 spiro atoms. The fourth-order valence-electron chi connectivity index (χ4n) is 1.78. The third kappa shape index (κ3) is 3.38. The van der Waals surface area contributed by atoms with Crippen molar-refractivity contribution in [3.8, 4) is 11.4 Å². The van der Waals surface area contributed by atoms with Crippen LogP contribution in [0.15, 0.2) is 39.5 Å². The van der Waals surface area contributed by atoms with Gasteiger partial charge in [-0.1, -0.05) is 54.4 Å². The van der Waals surface area contributed by atoms with Gasteiger partial charge in [-0.25, -0.2) is 4.68 Å². The van der Waals surface area contributed by atoms with Crippen LogP contribution in [0.2, 0.25) is 0 Å². The number of benzene rings is 1. The third-order valence-electron chi connectivity index (χ3n) is 2.81. The number of halogens is 2. The van der Waals surface area contributed by atoms with E-state index in [1.807, 2.05) is 37.4 Å². The van der Waals surface area contributed by atoms with E-state index in [-0.39, 0.29) is 4.83 Å². The Bertz CT molecular complexity index is 752. The first-order chi connectivity index (χ1) is 10.1. The molecule has 108 valence electrons. The molecule has 0 aliphatic carbocycles. The summed E-state index contributed by atoms with van der Waals surface area (Å²) in [5.41, 5.74) is 1.76. The molecule has 0 radical (unpaired) electrons. The van der Waals surface area contributed by atoms with E-state index in [0.717, 1.165) is 15.7 Å². The van der Waals surface area contributed by atoms with Crippen LogP contribution in [0.4, 0.5) is 0 Å². The second kappa shape index (κ2) is 6.07. The van der Waals surface area contributed by atoms with Gasteiger partial charge in [0.15, 0.2) is 0 Å². The van der Waals surface area contributed by atoms with Crippen LogP contribution in [0.1, 0.15) is 23.3 Å². The Balaban J connectivity index is 1.78. The van der Waals surface area contributed by atoms with Crippen LogP contribution in [0, 0.1) is 0 Å². The molecule has 6 nitrogen and oxygen atoms in total. The highest BCUT2D eigenvalue weighted by atomic mass is 79.9. The molecule has 0 fully saturated rings. The third-order valence-corrected chi connectivity index (χ3v) is 3.77. The minimum Gasteiger partial charge on any atom is -0.337 e. The number of hydrogen-bond acceptors (Lipinski definition) is 5. The summed E-state index contributed by atoms with van der Waals surface area (Å²) in [4.78, 5) is 4.53. The summed E-state index contributed by atoms with van der Waals surface area (Å²) >= 11 is 6.87. The van der Waals surface area contributed by atoms with E-state index in [0.29, 0.717) is 18.3 Å². The van der Waals surface area contributed by atoms with Crippen molar-refractivity contribution in [2.24, 2.45) is 0 Å². The molecule has 21 heavy (non-hydrogen) atoms. The van der Waals surface area contributed by atoms with Gasteiger partial charge in [0.05, 0.1) is 16.7 Å². The minimum absolute atomic E-state index is 0.158. The zero-order valence-corrected chi connectivity index (χ0v) is 14.2. The lowest BCUT2D eigenvalue weighted by atomic mass is 10.2. The van der Waals surface area contributed by atoms with Crippen LogP contribution in [-0.4, -0.2) is 25.1 Å². The summed E-state index contributed by atoms with van der Waals surface area (Å²) in [5, 5.41) is 12.1. The predicted octanol–water partition coefficient (Wildman–Crippen LogP) is 3.59. The molecule has 0 aliphatic rings. The van der Waals surface area contributed by atoms with E-state index < -0.39 is 0 Å². The van der Waals surface area contributed by atoms with Gasteiger partial charge < -0.3 is 4.52 Å². The fraction of sp³-hybridized carbons (Fsp3) is 0.231. The Morgan fingerprint density at radius 2 is 2.24 bits per heavy atom. The first kappa shape index (κ1) is 14.4. The summed E-state index contributed by atoms with van der Waals surface area (Å²) in [6.45, 7) is 2.39. The van der Waals surface area contributed by atoms with E-state index in [4.69, 9.17) is 4.52 Å². The first-order valence-corrected chi connectivity index (χ1v) is 7.95. The summed E-state index contributed by atoms with van der Waals surface area (Å²) in [7, 11) is 0. The molecule has 0 N–H and O–H groups in total. The fourth-order valence-corrected chi connectivity index (χ4v) is 2.38. The standard InChI is InChI=1S/C13H11Br2N5O/c1-8(14)11-6-20(19-17-11)7-12-16-13(18-21-12)9-3-2-4-10(15)5-9/h2-6,8H,7H2,1H3. The van der Waals surface area contributed by atoms with Gasteiger partial charge >= 0.3 is 0 Å². The highest BCUT2D eigenvalue weighted by Gasteiger charge is 2.12. The van der Waals surface area contributed by atoms with Gasteiger partial charge in [-0.2, -0.15) is 4.98 Å². The van der Waals surface area contributed by atoms with Gasteiger partial charge in [-0.05, 0) is 19.1 Å². The molecule has 0 saturated carbocycles. The smallest absolute Gasteiger partial charge is 0.248 e. The highest BCUT2D eigenvalue weighted by Crippen LogP contribution is 2.21. The quantitative estimate of drug-likeness (QED) is 0.612. The molecule has 1 atom stereocenters. The molecule has 1 unspecified atom stereocenters. The van der Waals surface area contributed by atoms with E-state index in [2.05, 4.69) is 52.3 Å². The lowest BCUT2D eigenvalue weighted by molar-refractivity contribution is 0.364. The van der Waals surface area contributed by atoms with Gasteiger partial charge in [0.25, 0.3) is 0 Å². The maximum atomic E-state index is 5.26. The molecule has 0 saturated heterocycles. The average Bonchev–Trinajstić information content (AvgIpc) is 3.08. The maximum Gasteiger partial charge on any atom is 0.248 e. The number of aromatic nitrogens is 5. The van der Waals surface area contributed by atoms with Crippen molar-refractivity contribution in [1.29, 1.82) is 0 Å². The zero-order valence-electron chi connectivity index (χ0n) is 11.1. The molecule has 2 heterocycles. The van der Waals surface area contributed by atoms with Crippen molar-refractivity contribution >= 4 is 31.9 Å². The lowest BCUT2D eigenvalue weighted by Crippen LogP contribution is -2.00. The van der Waals surface area contributed by atoms with E-state index in [9.17, 15) is 0 Å². The zero-order chi connectivity index (χ0) is 14.8. The summed E-state index contributed by atoms with van der Waals surface area (Å²) in [5.74, 6) is 1.05. The molecule has 3 rings (SSSR count). The maximum absolute atomic E-state index is 5.26. The molecule has 8 heteroatoms. The van der Waals surface area contributed by atoms with Gasteiger partial charge in [0.2, 0.25) is 11.7 Å². The monoisotopic (exact) mass is 411 g/mol. The molecular weight excluding hydrogens is 402 g/mol. The Labute approximate surface area is 137 Å². The van der Waals surface area contributed by atoms with E-state index in [1.54, 1.807) is 4.68 Å². The van der Waals surface area contributed by atoms with Crippen molar-refractivity contribution in [3.05, 3.63) is 46.5 Å². The largest absolute Gasteiger partial charge is 0.337 e. The summed E-state index contributed by atoms with van der Waals surface area (Å²) < 4.78 is 7.90. The number of nitrogens with zero attached hydrogens (tertiary/aromatic N) is 5. The molecule has 0 amide bonds. The van der Waals surface area contributed by atoms with Crippen LogP contribution >= 0.6 is 31.9 Å². The number of hydrogen-bond donors (Lipinski definition) is 0. The van der Waals surface area contributed by atoms with Crippen molar-refractivity contribution in [3.63, 3.8) is 0 Å². The van der Waals surface area contributed by atoms with Gasteiger partial charge in [-0.15, -0.1) is 5.10 Å². The van der Waals surface area contributed by atoms with Crippen molar-refractivity contribution in [2.45, 2.75) is 18.3 Å². The molecule has 1 aromatic carbocycles. The van der Waals surface area contributed by atoms with Crippen molar-refractivity contribution in [1.82, 2.24) is 25.1 Å². The Kier molecular flexibility index (Phi) is 4.16. The van der Waals surface area contributed by atoms with Crippen LogP contribution < -0.4 is 0 Å². The Hall–Kier alpha value is -1.54. The van der Waals surface area contributed by atoms with Crippen LogP contribution in [0.3, 0.4) is 0 Å². The first-order valence-electron chi connectivity index (χ1n) is 6.24. The van der Waals surface area contributed by atoms with Gasteiger partial charge in [0, 0.05) is 10.0 Å². The topological polar surface area (TPSA) is 69.6 Å². The number of rotatable bonds is 4. The van der Waals surface area contributed by atoms with Gasteiger partial charge in [-0.3, -0.25) is 0 Å². The van der Waals surface area contributed by atoms with E-state index >= 15 is 0 Å². The minimum atomic E-state index is 0.158. The molecule has 3 aromatic rings. The van der Waals surface area contributed by atoms with E-state index in [1.165, 1.54) is 0 Å². The highest BCUT2D eigenvalue weighted by molar-refractivity contribution is 9.10. The summed E-state index contributed by atoms with van der Waals surface area (Å²) in [6.07, 6.45) is 1.85. The van der Waals surface area contributed by atoms with Crippen LogP contribution in [0.25, 0.3) is 11.4 Å².